The quantitative estimate of drug-likeness (QED) is 0.753. The van der Waals surface area contributed by atoms with E-state index in [0.29, 0.717) is 5.82 Å². The van der Waals surface area contributed by atoms with Gasteiger partial charge in [0.1, 0.15) is 5.60 Å². The molecule has 1 amide bonds. The number of carbonyl (C=O) groups excluding carboxylic acids is 2. The van der Waals surface area contributed by atoms with Crippen LogP contribution in [-0.4, -0.2) is 38.1 Å². The van der Waals surface area contributed by atoms with Crippen molar-refractivity contribution in [2.24, 2.45) is 0 Å². The third-order valence-corrected chi connectivity index (χ3v) is 2.10. The Bertz CT molecular complexity index is 424. The van der Waals surface area contributed by atoms with Gasteiger partial charge in [-0.2, -0.15) is 5.21 Å². The van der Waals surface area contributed by atoms with Crippen LogP contribution in [0, 0.1) is 0 Å². The zero-order chi connectivity index (χ0) is 14.5. The summed E-state index contributed by atoms with van der Waals surface area (Å²) in [7, 11) is 0. The van der Waals surface area contributed by atoms with Gasteiger partial charge in [-0.1, -0.05) is 5.21 Å². The maximum atomic E-state index is 11.6. The fraction of sp³-hybridized carbons (Fsp3) is 0.727. The summed E-state index contributed by atoms with van der Waals surface area (Å²) in [5.74, 6) is -0.261. The van der Waals surface area contributed by atoms with Crippen molar-refractivity contribution in [2.45, 2.75) is 52.2 Å². The number of hydrogen-bond donors (Lipinski definition) is 2. The Kier molecular flexibility index (Phi) is 4.96. The zero-order valence-corrected chi connectivity index (χ0v) is 11.6. The smallest absolute Gasteiger partial charge is 0.306 e. The first-order valence-corrected chi connectivity index (χ1v) is 6.02. The first kappa shape index (κ1) is 15.1. The van der Waals surface area contributed by atoms with Crippen LogP contribution in [0.5, 0.6) is 0 Å². The molecule has 0 aliphatic rings. The predicted octanol–water partition coefficient (Wildman–Crippen LogP) is 0.499. The van der Waals surface area contributed by atoms with Crippen molar-refractivity contribution in [1.29, 1.82) is 0 Å². The maximum Gasteiger partial charge on any atom is 0.306 e. The van der Waals surface area contributed by atoms with E-state index in [0.717, 1.165) is 0 Å². The molecular formula is C11H19N5O3. The highest BCUT2D eigenvalue weighted by Gasteiger charge is 2.18. The molecule has 0 aliphatic carbocycles. The van der Waals surface area contributed by atoms with Gasteiger partial charge in [-0.15, -0.1) is 10.2 Å². The normalized spacial score (nSPS) is 12.8. The summed E-state index contributed by atoms with van der Waals surface area (Å²) in [6.45, 7) is 7.08. The zero-order valence-electron chi connectivity index (χ0n) is 11.6. The number of hydrogen-bond acceptors (Lipinski definition) is 6. The van der Waals surface area contributed by atoms with Crippen molar-refractivity contribution in [3.05, 3.63) is 5.82 Å². The molecule has 8 nitrogen and oxygen atoms in total. The van der Waals surface area contributed by atoms with Crippen molar-refractivity contribution in [3.63, 3.8) is 0 Å². The summed E-state index contributed by atoms with van der Waals surface area (Å²) >= 11 is 0. The second-order valence-electron chi connectivity index (χ2n) is 5.15. The highest BCUT2D eigenvalue weighted by molar-refractivity contribution is 5.81. The molecule has 1 heterocycles. The Balaban J connectivity index is 2.30. The average Bonchev–Trinajstić information content (AvgIpc) is 2.77. The first-order valence-electron chi connectivity index (χ1n) is 6.02. The van der Waals surface area contributed by atoms with E-state index in [1.54, 1.807) is 27.7 Å². The molecule has 0 spiro atoms. The Morgan fingerprint density at radius 2 is 2.05 bits per heavy atom. The summed E-state index contributed by atoms with van der Waals surface area (Å²) < 4.78 is 5.11. The molecule has 0 radical (unpaired) electrons. The molecule has 0 aromatic carbocycles. The highest BCUT2D eigenvalue weighted by Crippen LogP contribution is 2.09. The standard InChI is InChI=1S/C11H19N5O3/c1-7(10-13-15-16-14-10)12-8(17)5-6-9(18)19-11(2,3)4/h7H,5-6H2,1-4H3,(H,12,17)(H,13,14,15,16). The number of aromatic amines is 1. The van der Waals surface area contributed by atoms with Crippen LogP contribution in [0.3, 0.4) is 0 Å². The van der Waals surface area contributed by atoms with Crippen molar-refractivity contribution < 1.29 is 14.3 Å². The van der Waals surface area contributed by atoms with E-state index in [1.807, 2.05) is 0 Å². The van der Waals surface area contributed by atoms with E-state index in [2.05, 4.69) is 25.9 Å². The van der Waals surface area contributed by atoms with Crippen molar-refractivity contribution in [3.8, 4) is 0 Å². The number of esters is 1. The number of nitrogens with zero attached hydrogens (tertiary/aromatic N) is 3. The Labute approximate surface area is 111 Å². The van der Waals surface area contributed by atoms with Gasteiger partial charge in [0.05, 0.1) is 12.5 Å². The van der Waals surface area contributed by atoms with Gasteiger partial charge in [0.15, 0.2) is 5.82 Å². The molecule has 0 fully saturated rings. The Morgan fingerprint density at radius 1 is 1.37 bits per heavy atom. The van der Waals surface area contributed by atoms with Crippen molar-refractivity contribution in [2.75, 3.05) is 0 Å². The van der Waals surface area contributed by atoms with Gasteiger partial charge >= 0.3 is 5.97 Å². The third kappa shape index (κ3) is 5.94. The van der Waals surface area contributed by atoms with Gasteiger partial charge in [-0.25, -0.2) is 0 Å². The topological polar surface area (TPSA) is 110 Å². The molecule has 106 valence electrons. The van der Waals surface area contributed by atoms with Crippen LogP contribution in [0.25, 0.3) is 0 Å². The molecule has 0 saturated heterocycles. The molecule has 8 heteroatoms. The largest absolute Gasteiger partial charge is 0.460 e. The SMILES string of the molecule is CC(NC(=O)CCC(=O)OC(C)(C)C)c1nn[nH]n1. The minimum absolute atomic E-state index is 0.0437. The molecule has 2 N–H and O–H groups in total. The number of carbonyl (C=O) groups is 2. The van der Waals surface area contributed by atoms with Gasteiger partial charge in [0.25, 0.3) is 0 Å². The Morgan fingerprint density at radius 3 is 2.58 bits per heavy atom. The average molecular weight is 269 g/mol. The van der Waals surface area contributed by atoms with Gasteiger partial charge in [-0.05, 0) is 27.7 Å². The van der Waals surface area contributed by atoms with E-state index in [1.165, 1.54) is 0 Å². The van der Waals surface area contributed by atoms with Crippen molar-refractivity contribution in [1.82, 2.24) is 25.9 Å². The van der Waals surface area contributed by atoms with Crippen LogP contribution in [0.1, 0.15) is 52.4 Å². The van der Waals surface area contributed by atoms with Gasteiger partial charge in [-0.3, -0.25) is 9.59 Å². The molecular weight excluding hydrogens is 250 g/mol. The second-order valence-corrected chi connectivity index (χ2v) is 5.15. The monoisotopic (exact) mass is 269 g/mol. The summed E-state index contributed by atoms with van der Waals surface area (Å²) in [5, 5.41) is 15.9. The van der Waals surface area contributed by atoms with Gasteiger partial charge in [0, 0.05) is 6.42 Å². The lowest BCUT2D eigenvalue weighted by Crippen LogP contribution is -2.29. The Hall–Kier alpha value is -1.99. The van der Waals surface area contributed by atoms with E-state index < -0.39 is 11.6 Å². The predicted molar refractivity (Wildman–Crippen MR) is 65.8 cm³/mol. The number of aromatic nitrogens is 4. The first-order chi connectivity index (χ1) is 8.78. The molecule has 0 saturated carbocycles. The summed E-state index contributed by atoms with van der Waals surface area (Å²) in [6, 6.07) is -0.357. The number of ether oxygens (including phenoxy) is 1. The number of tetrazole rings is 1. The molecule has 1 aromatic heterocycles. The summed E-state index contributed by atoms with van der Waals surface area (Å²) in [5.41, 5.74) is -0.536. The van der Waals surface area contributed by atoms with E-state index in [-0.39, 0.29) is 24.8 Å². The minimum Gasteiger partial charge on any atom is -0.460 e. The molecule has 0 bridgehead atoms. The van der Waals surface area contributed by atoms with E-state index >= 15 is 0 Å². The van der Waals surface area contributed by atoms with Crippen LogP contribution < -0.4 is 5.32 Å². The van der Waals surface area contributed by atoms with Gasteiger partial charge in [0.2, 0.25) is 5.91 Å². The second kappa shape index (κ2) is 6.26. The molecule has 0 aliphatic heterocycles. The molecule has 1 rings (SSSR count). The molecule has 19 heavy (non-hydrogen) atoms. The minimum atomic E-state index is -0.536. The fourth-order valence-electron chi connectivity index (χ4n) is 1.34. The number of nitrogens with one attached hydrogen (secondary N) is 2. The van der Waals surface area contributed by atoms with Crippen LogP contribution in [-0.2, 0) is 14.3 Å². The van der Waals surface area contributed by atoms with E-state index in [4.69, 9.17) is 4.74 Å². The lowest BCUT2D eigenvalue weighted by Gasteiger charge is -2.19. The number of amides is 1. The van der Waals surface area contributed by atoms with Crippen LogP contribution >= 0.6 is 0 Å². The maximum absolute atomic E-state index is 11.6. The number of H-pyrrole nitrogens is 1. The number of rotatable bonds is 5. The van der Waals surface area contributed by atoms with Crippen LogP contribution in [0.15, 0.2) is 0 Å². The van der Waals surface area contributed by atoms with Crippen molar-refractivity contribution >= 4 is 11.9 Å². The van der Waals surface area contributed by atoms with Gasteiger partial charge < -0.3 is 10.1 Å². The molecule has 1 aromatic rings. The lowest BCUT2D eigenvalue weighted by molar-refractivity contribution is -0.155. The summed E-state index contributed by atoms with van der Waals surface area (Å²) in [6.07, 6.45) is 0.110. The van der Waals surface area contributed by atoms with Crippen LogP contribution in [0.2, 0.25) is 0 Å². The summed E-state index contributed by atoms with van der Waals surface area (Å²) in [4.78, 5) is 23.0. The van der Waals surface area contributed by atoms with Crippen LogP contribution in [0.4, 0.5) is 0 Å². The lowest BCUT2D eigenvalue weighted by atomic mass is 10.2. The third-order valence-electron chi connectivity index (χ3n) is 2.10. The fourth-order valence-corrected chi connectivity index (χ4v) is 1.34. The highest BCUT2D eigenvalue weighted by atomic mass is 16.6. The molecule has 1 unspecified atom stereocenters. The van der Waals surface area contributed by atoms with E-state index in [9.17, 15) is 9.59 Å². The molecule has 1 atom stereocenters.